The van der Waals surface area contributed by atoms with Crippen LogP contribution >= 0.6 is 0 Å². The first-order valence-corrected chi connectivity index (χ1v) is 9.59. The number of likely N-dealkylation sites (tertiary alicyclic amines) is 1. The van der Waals surface area contributed by atoms with Crippen molar-refractivity contribution in [2.24, 2.45) is 11.8 Å². The summed E-state index contributed by atoms with van der Waals surface area (Å²) in [5.74, 6) is -0.570. The summed E-state index contributed by atoms with van der Waals surface area (Å²) in [7, 11) is 1.59. The predicted molar refractivity (Wildman–Crippen MR) is 105 cm³/mol. The van der Waals surface area contributed by atoms with Gasteiger partial charge in [0, 0.05) is 24.6 Å². The van der Waals surface area contributed by atoms with Gasteiger partial charge < -0.3 is 19.7 Å². The number of anilines is 1. The summed E-state index contributed by atoms with van der Waals surface area (Å²) in [6.45, 7) is 0.937. The highest BCUT2D eigenvalue weighted by atomic mass is 16.5. The summed E-state index contributed by atoms with van der Waals surface area (Å²) in [5.41, 5.74) is 0.953. The molecule has 2 fully saturated rings. The number of benzene rings is 1. The number of nitrogens with zero attached hydrogens (tertiary/aromatic N) is 2. The Morgan fingerprint density at radius 1 is 1.28 bits per heavy atom. The normalized spacial score (nSPS) is 29.2. The van der Waals surface area contributed by atoms with Crippen LogP contribution in [0.15, 0.2) is 60.9 Å². The van der Waals surface area contributed by atoms with E-state index in [0.29, 0.717) is 24.5 Å². The van der Waals surface area contributed by atoms with Gasteiger partial charge in [-0.2, -0.15) is 0 Å². The zero-order valence-corrected chi connectivity index (χ0v) is 15.9. The molecule has 0 radical (unpaired) electrons. The first kappa shape index (κ1) is 17.9. The van der Waals surface area contributed by atoms with Crippen molar-refractivity contribution in [2.45, 2.75) is 18.2 Å². The van der Waals surface area contributed by atoms with E-state index in [1.165, 1.54) is 0 Å². The maximum absolute atomic E-state index is 13.2. The number of aromatic nitrogens is 1. The van der Waals surface area contributed by atoms with Crippen LogP contribution in [-0.4, -0.2) is 47.1 Å². The molecular formula is C22H21N3O4. The van der Waals surface area contributed by atoms with Crippen molar-refractivity contribution in [1.29, 1.82) is 0 Å². The quantitative estimate of drug-likeness (QED) is 0.789. The molecule has 3 aliphatic heterocycles. The molecule has 1 spiro atoms. The van der Waals surface area contributed by atoms with Gasteiger partial charge in [0.15, 0.2) is 0 Å². The van der Waals surface area contributed by atoms with E-state index in [4.69, 9.17) is 9.47 Å². The number of rotatable bonds is 5. The van der Waals surface area contributed by atoms with E-state index in [9.17, 15) is 9.59 Å². The molecule has 1 aromatic heterocycles. The van der Waals surface area contributed by atoms with E-state index in [2.05, 4.69) is 10.3 Å². The molecule has 3 aliphatic rings. The second-order valence-corrected chi connectivity index (χ2v) is 7.67. The molecule has 5 rings (SSSR count). The van der Waals surface area contributed by atoms with Crippen LogP contribution in [0.25, 0.3) is 0 Å². The highest BCUT2D eigenvalue weighted by molar-refractivity contribution is 5.99. The second kappa shape index (κ2) is 6.70. The van der Waals surface area contributed by atoms with Crippen LogP contribution in [0.1, 0.15) is 5.56 Å². The van der Waals surface area contributed by atoms with Crippen LogP contribution in [0.2, 0.25) is 0 Å². The second-order valence-electron chi connectivity index (χ2n) is 7.67. The zero-order valence-electron chi connectivity index (χ0n) is 15.9. The van der Waals surface area contributed by atoms with Gasteiger partial charge in [-0.15, -0.1) is 0 Å². The number of carbonyl (C=O) groups is 2. The molecule has 2 saturated heterocycles. The van der Waals surface area contributed by atoms with E-state index < -0.39 is 17.4 Å². The van der Waals surface area contributed by atoms with E-state index in [1.54, 1.807) is 48.7 Å². The number of fused-ring (bicyclic) bond motifs is 1. The predicted octanol–water partition coefficient (Wildman–Crippen LogP) is 2.01. The monoisotopic (exact) mass is 391 g/mol. The first-order valence-electron chi connectivity index (χ1n) is 9.59. The molecule has 4 heterocycles. The minimum Gasteiger partial charge on any atom is -0.497 e. The van der Waals surface area contributed by atoms with Crippen molar-refractivity contribution in [2.75, 3.05) is 19.0 Å². The Hall–Kier alpha value is -3.19. The number of nitrogens with one attached hydrogen (secondary N) is 1. The molecule has 0 saturated carbocycles. The molecule has 1 aromatic carbocycles. The fourth-order valence-corrected chi connectivity index (χ4v) is 4.62. The van der Waals surface area contributed by atoms with Crippen LogP contribution in [0, 0.1) is 11.8 Å². The standard InChI is InChI=1S/C22H21N3O4/c1-28-16-4-2-15(3-5-16)24-20(26)18-17-6-9-22(29-17)13-25(21(27)19(18)22)12-14-7-10-23-11-8-14/h2-11,17-19H,12-13H2,1H3,(H,24,26)/t17-,18?,19?,22?/m1/s1. The lowest BCUT2D eigenvalue weighted by Crippen LogP contribution is -2.41. The average Bonchev–Trinajstić information content (AvgIpc) is 3.38. The minimum absolute atomic E-state index is 0.0384. The Kier molecular flexibility index (Phi) is 4.13. The average molecular weight is 391 g/mol. The summed E-state index contributed by atoms with van der Waals surface area (Å²) in [6.07, 6.45) is 6.93. The molecule has 2 bridgehead atoms. The summed E-state index contributed by atoms with van der Waals surface area (Å²) in [5, 5.41) is 2.93. The summed E-state index contributed by atoms with van der Waals surface area (Å²) >= 11 is 0. The van der Waals surface area contributed by atoms with Gasteiger partial charge in [0.1, 0.15) is 11.4 Å². The Morgan fingerprint density at radius 3 is 2.76 bits per heavy atom. The van der Waals surface area contributed by atoms with Crippen molar-refractivity contribution >= 4 is 17.5 Å². The molecule has 7 nitrogen and oxygen atoms in total. The number of ether oxygens (including phenoxy) is 2. The van der Waals surface area contributed by atoms with E-state index in [1.807, 2.05) is 24.3 Å². The molecule has 2 amide bonds. The van der Waals surface area contributed by atoms with Gasteiger partial charge in [-0.05, 0) is 42.0 Å². The number of methoxy groups -OCH3 is 1. The van der Waals surface area contributed by atoms with E-state index >= 15 is 0 Å². The fraction of sp³-hybridized carbons (Fsp3) is 0.318. The number of amides is 2. The largest absolute Gasteiger partial charge is 0.497 e. The Balaban J connectivity index is 1.36. The van der Waals surface area contributed by atoms with Crippen molar-refractivity contribution < 1.29 is 19.1 Å². The number of carbonyl (C=O) groups excluding carboxylic acids is 2. The number of hydrogen-bond acceptors (Lipinski definition) is 5. The molecule has 29 heavy (non-hydrogen) atoms. The number of hydrogen-bond donors (Lipinski definition) is 1. The molecule has 0 aliphatic carbocycles. The van der Waals surface area contributed by atoms with Gasteiger partial charge in [0.05, 0.1) is 31.6 Å². The third-order valence-corrected chi connectivity index (χ3v) is 5.96. The summed E-state index contributed by atoms with van der Waals surface area (Å²) in [4.78, 5) is 32.1. The molecule has 148 valence electrons. The summed E-state index contributed by atoms with van der Waals surface area (Å²) < 4.78 is 11.3. The maximum Gasteiger partial charge on any atom is 0.231 e. The van der Waals surface area contributed by atoms with Crippen molar-refractivity contribution in [3.63, 3.8) is 0 Å². The van der Waals surface area contributed by atoms with Crippen LogP contribution in [0.3, 0.4) is 0 Å². The van der Waals surface area contributed by atoms with Crippen LogP contribution in [0.4, 0.5) is 5.69 Å². The highest BCUT2D eigenvalue weighted by Gasteiger charge is 2.66. The number of pyridine rings is 1. The van der Waals surface area contributed by atoms with Crippen molar-refractivity contribution in [3.05, 3.63) is 66.5 Å². The maximum atomic E-state index is 13.2. The minimum atomic E-state index is -0.712. The van der Waals surface area contributed by atoms with Crippen molar-refractivity contribution in [1.82, 2.24) is 9.88 Å². The molecule has 2 aromatic rings. The molecule has 7 heteroatoms. The lowest BCUT2D eigenvalue weighted by molar-refractivity contribution is -0.136. The molecule has 1 N–H and O–H groups in total. The Labute approximate surface area is 168 Å². The Morgan fingerprint density at radius 2 is 2.03 bits per heavy atom. The van der Waals surface area contributed by atoms with Crippen LogP contribution < -0.4 is 10.1 Å². The van der Waals surface area contributed by atoms with Gasteiger partial charge in [-0.25, -0.2) is 0 Å². The van der Waals surface area contributed by atoms with Crippen LogP contribution in [0.5, 0.6) is 5.75 Å². The third-order valence-electron chi connectivity index (χ3n) is 5.96. The Bertz CT molecular complexity index is 975. The highest BCUT2D eigenvalue weighted by Crippen LogP contribution is 2.52. The van der Waals surface area contributed by atoms with E-state index in [0.717, 1.165) is 5.56 Å². The van der Waals surface area contributed by atoms with Gasteiger partial charge in [-0.1, -0.05) is 12.2 Å². The van der Waals surface area contributed by atoms with Crippen LogP contribution in [-0.2, 0) is 20.9 Å². The van der Waals surface area contributed by atoms with Gasteiger partial charge in [0.25, 0.3) is 0 Å². The lowest BCUT2D eigenvalue weighted by Gasteiger charge is -2.23. The van der Waals surface area contributed by atoms with Gasteiger partial charge in [0.2, 0.25) is 11.8 Å². The smallest absolute Gasteiger partial charge is 0.231 e. The summed E-state index contributed by atoms with van der Waals surface area (Å²) in [6, 6.07) is 10.9. The SMILES string of the molecule is COc1ccc(NC(=O)C2C3C(=O)N(Cc4ccncc4)CC34C=C[C@H]2O4)cc1. The molecule has 4 atom stereocenters. The third kappa shape index (κ3) is 2.89. The van der Waals surface area contributed by atoms with Crippen molar-refractivity contribution in [3.8, 4) is 5.75 Å². The van der Waals surface area contributed by atoms with Gasteiger partial charge in [-0.3, -0.25) is 14.6 Å². The topological polar surface area (TPSA) is 80.8 Å². The molecular weight excluding hydrogens is 370 g/mol. The fourth-order valence-electron chi connectivity index (χ4n) is 4.62. The lowest BCUT2D eigenvalue weighted by atomic mass is 9.77. The zero-order chi connectivity index (χ0) is 20.0. The molecule has 3 unspecified atom stereocenters. The van der Waals surface area contributed by atoms with Gasteiger partial charge >= 0.3 is 0 Å². The van der Waals surface area contributed by atoms with E-state index in [-0.39, 0.29) is 17.9 Å². The first-order chi connectivity index (χ1) is 14.1.